The van der Waals surface area contributed by atoms with Crippen LogP contribution in [-0.2, 0) is 16.6 Å². The molecule has 0 unspecified atom stereocenters. The van der Waals surface area contributed by atoms with Crippen molar-refractivity contribution < 1.29 is 18.3 Å². The molecule has 114 valence electrons. The molecule has 1 aromatic carbocycles. The monoisotopic (exact) mass is 327 g/mol. The van der Waals surface area contributed by atoms with Crippen LogP contribution in [-0.4, -0.2) is 20.6 Å². The minimum Gasteiger partial charge on any atom is -0.497 e. The number of aliphatic hydroxyl groups is 1. The van der Waals surface area contributed by atoms with Gasteiger partial charge in [0.05, 0.1) is 19.4 Å². The summed E-state index contributed by atoms with van der Waals surface area (Å²) in [6, 6.07) is 6.69. The fourth-order valence-corrected chi connectivity index (χ4v) is 4.43. The van der Waals surface area contributed by atoms with Crippen LogP contribution in [0, 0.1) is 13.8 Å². The van der Waals surface area contributed by atoms with E-state index in [1.165, 1.54) is 0 Å². The van der Waals surface area contributed by atoms with E-state index >= 15 is 0 Å². The van der Waals surface area contributed by atoms with Crippen LogP contribution in [0.1, 0.15) is 16.0 Å². The van der Waals surface area contributed by atoms with E-state index in [2.05, 4.69) is 4.72 Å². The fraction of sp³-hybridized carbons (Fsp3) is 0.286. The first-order chi connectivity index (χ1) is 9.87. The highest BCUT2D eigenvalue weighted by Crippen LogP contribution is 2.29. The molecule has 21 heavy (non-hydrogen) atoms. The lowest BCUT2D eigenvalue weighted by molar-refractivity contribution is 0.285. The Morgan fingerprint density at radius 3 is 2.48 bits per heavy atom. The Morgan fingerprint density at radius 1 is 1.24 bits per heavy atom. The molecule has 2 aromatic rings. The Morgan fingerprint density at radius 2 is 1.95 bits per heavy atom. The third-order valence-corrected chi connectivity index (χ3v) is 6.15. The zero-order chi connectivity index (χ0) is 15.6. The highest BCUT2D eigenvalue weighted by molar-refractivity contribution is 7.94. The number of hydrogen-bond donors (Lipinski definition) is 2. The lowest BCUT2D eigenvalue weighted by Crippen LogP contribution is -2.12. The van der Waals surface area contributed by atoms with Gasteiger partial charge in [-0.3, -0.25) is 4.72 Å². The van der Waals surface area contributed by atoms with E-state index in [1.807, 2.05) is 0 Å². The highest BCUT2D eigenvalue weighted by Gasteiger charge is 2.19. The standard InChI is InChI=1S/C14H17NO4S2/c1-9-6-11(19-3)4-5-12(9)15-21(17,18)14-7-10(2)13(8-16)20-14/h4-7,15-16H,8H2,1-3H3. The van der Waals surface area contributed by atoms with Crippen molar-refractivity contribution >= 4 is 27.0 Å². The highest BCUT2D eigenvalue weighted by atomic mass is 32.2. The van der Waals surface area contributed by atoms with Crippen LogP contribution >= 0.6 is 11.3 Å². The lowest BCUT2D eigenvalue weighted by atomic mass is 10.2. The van der Waals surface area contributed by atoms with E-state index in [0.717, 1.165) is 22.5 Å². The Kier molecular flexibility index (Phi) is 4.55. The predicted octanol–water partition coefficient (Wildman–Crippen LogP) is 2.67. The Balaban J connectivity index is 2.32. The largest absolute Gasteiger partial charge is 0.497 e. The first kappa shape index (κ1) is 15.8. The average molecular weight is 327 g/mol. The van der Waals surface area contributed by atoms with Gasteiger partial charge in [0.1, 0.15) is 9.96 Å². The number of hydrogen-bond acceptors (Lipinski definition) is 5. The van der Waals surface area contributed by atoms with Gasteiger partial charge in [-0.25, -0.2) is 8.42 Å². The number of anilines is 1. The summed E-state index contributed by atoms with van der Waals surface area (Å²) in [5.41, 5.74) is 2.05. The van der Waals surface area contributed by atoms with Gasteiger partial charge < -0.3 is 9.84 Å². The number of benzene rings is 1. The molecule has 0 aliphatic carbocycles. The molecule has 0 radical (unpaired) electrons. The normalized spacial score (nSPS) is 11.4. The van der Waals surface area contributed by atoms with Gasteiger partial charge in [0.2, 0.25) is 0 Å². The number of ether oxygens (including phenoxy) is 1. The number of sulfonamides is 1. The van der Waals surface area contributed by atoms with E-state index in [9.17, 15) is 13.5 Å². The molecular weight excluding hydrogens is 310 g/mol. The molecule has 1 aromatic heterocycles. The van der Waals surface area contributed by atoms with Crippen molar-refractivity contribution in [1.82, 2.24) is 0 Å². The van der Waals surface area contributed by atoms with Gasteiger partial charge in [-0.2, -0.15) is 0 Å². The molecule has 7 heteroatoms. The van der Waals surface area contributed by atoms with Gasteiger partial charge in [0.15, 0.2) is 0 Å². The number of methoxy groups -OCH3 is 1. The SMILES string of the molecule is COc1ccc(NS(=O)(=O)c2cc(C)c(CO)s2)c(C)c1. The van der Waals surface area contributed by atoms with Crippen molar-refractivity contribution in [2.24, 2.45) is 0 Å². The van der Waals surface area contributed by atoms with Crippen LogP contribution < -0.4 is 9.46 Å². The third-order valence-electron chi connectivity index (χ3n) is 3.08. The average Bonchev–Trinajstić information content (AvgIpc) is 2.83. The molecule has 0 aliphatic rings. The molecular formula is C14H17NO4S2. The van der Waals surface area contributed by atoms with Crippen LogP contribution in [0.15, 0.2) is 28.5 Å². The summed E-state index contributed by atoms with van der Waals surface area (Å²) in [6.07, 6.45) is 0. The number of aliphatic hydroxyl groups excluding tert-OH is 1. The quantitative estimate of drug-likeness (QED) is 0.885. The topological polar surface area (TPSA) is 75.6 Å². The first-order valence-corrected chi connectivity index (χ1v) is 8.55. The molecule has 0 bridgehead atoms. The minimum atomic E-state index is -3.65. The van der Waals surface area contributed by atoms with Gasteiger partial charge in [0.25, 0.3) is 10.0 Å². The second-order valence-corrected chi connectivity index (χ2v) is 7.66. The molecule has 0 spiro atoms. The molecule has 0 saturated heterocycles. The summed E-state index contributed by atoms with van der Waals surface area (Å²) in [4.78, 5) is 0.654. The van der Waals surface area contributed by atoms with Crippen molar-refractivity contribution in [3.05, 3.63) is 40.3 Å². The zero-order valence-corrected chi connectivity index (χ0v) is 13.6. The minimum absolute atomic E-state index is 0.159. The Hall–Kier alpha value is -1.57. The summed E-state index contributed by atoms with van der Waals surface area (Å²) in [5, 5.41) is 9.17. The Labute approximate surface area is 128 Å². The van der Waals surface area contributed by atoms with Crippen LogP contribution in [0.4, 0.5) is 5.69 Å². The van der Waals surface area contributed by atoms with Crippen LogP contribution in [0.5, 0.6) is 5.75 Å². The van der Waals surface area contributed by atoms with Crippen LogP contribution in [0.25, 0.3) is 0 Å². The van der Waals surface area contributed by atoms with Gasteiger partial charge in [-0.15, -0.1) is 11.3 Å². The second-order valence-electron chi connectivity index (χ2n) is 4.62. The predicted molar refractivity (Wildman–Crippen MR) is 83.5 cm³/mol. The van der Waals surface area contributed by atoms with Crippen molar-refractivity contribution in [3.8, 4) is 5.75 Å². The summed E-state index contributed by atoms with van der Waals surface area (Å²) < 4.78 is 32.6. The summed E-state index contributed by atoms with van der Waals surface area (Å²) in [7, 11) is -2.09. The first-order valence-electron chi connectivity index (χ1n) is 6.25. The summed E-state index contributed by atoms with van der Waals surface area (Å²) in [6.45, 7) is 3.42. The maximum absolute atomic E-state index is 12.4. The Bertz CT molecular complexity index is 750. The second kappa shape index (κ2) is 6.05. The number of nitrogens with one attached hydrogen (secondary N) is 1. The molecule has 0 amide bonds. The van der Waals surface area contributed by atoms with Crippen LogP contribution in [0.2, 0.25) is 0 Å². The van der Waals surface area contributed by atoms with Crippen molar-refractivity contribution in [2.75, 3.05) is 11.8 Å². The molecule has 0 atom stereocenters. The van der Waals surface area contributed by atoms with E-state index in [4.69, 9.17) is 4.74 Å². The van der Waals surface area contributed by atoms with Gasteiger partial charge in [-0.1, -0.05) is 0 Å². The molecule has 2 rings (SSSR count). The van der Waals surface area contributed by atoms with E-state index in [0.29, 0.717) is 16.3 Å². The molecule has 5 nitrogen and oxygen atoms in total. The molecule has 0 aliphatic heterocycles. The van der Waals surface area contributed by atoms with Gasteiger partial charge in [-0.05, 0) is 49.2 Å². The van der Waals surface area contributed by atoms with E-state index < -0.39 is 10.0 Å². The number of rotatable bonds is 5. The molecule has 1 heterocycles. The van der Waals surface area contributed by atoms with E-state index in [-0.39, 0.29) is 10.8 Å². The molecule has 0 saturated carbocycles. The van der Waals surface area contributed by atoms with Gasteiger partial charge in [0, 0.05) is 4.88 Å². The fourth-order valence-electron chi connectivity index (χ4n) is 1.85. The van der Waals surface area contributed by atoms with Crippen molar-refractivity contribution in [3.63, 3.8) is 0 Å². The summed E-state index contributed by atoms with van der Waals surface area (Å²) in [5.74, 6) is 0.671. The maximum Gasteiger partial charge on any atom is 0.271 e. The molecule has 2 N–H and O–H groups in total. The number of thiophene rings is 1. The number of aryl methyl sites for hydroxylation is 2. The smallest absolute Gasteiger partial charge is 0.271 e. The molecule has 0 fully saturated rings. The lowest BCUT2D eigenvalue weighted by Gasteiger charge is -2.10. The van der Waals surface area contributed by atoms with Crippen LogP contribution in [0.3, 0.4) is 0 Å². The van der Waals surface area contributed by atoms with Crippen molar-refractivity contribution in [1.29, 1.82) is 0 Å². The summed E-state index contributed by atoms with van der Waals surface area (Å²) >= 11 is 1.07. The maximum atomic E-state index is 12.4. The van der Waals surface area contributed by atoms with Crippen molar-refractivity contribution in [2.45, 2.75) is 24.7 Å². The van der Waals surface area contributed by atoms with E-state index in [1.54, 1.807) is 45.2 Å². The van der Waals surface area contributed by atoms with Gasteiger partial charge >= 0.3 is 0 Å². The zero-order valence-electron chi connectivity index (χ0n) is 12.0. The third kappa shape index (κ3) is 3.37.